The van der Waals surface area contributed by atoms with E-state index in [9.17, 15) is 4.79 Å². The molecule has 1 aromatic carbocycles. The summed E-state index contributed by atoms with van der Waals surface area (Å²) >= 11 is 0. The van der Waals surface area contributed by atoms with Gasteiger partial charge in [0.2, 0.25) is 11.9 Å². The van der Waals surface area contributed by atoms with Crippen LogP contribution in [0.25, 0.3) is 0 Å². The molecule has 2 aromatic rings. The maximum atomic E-state index is 12.4. The standard InChI is InChI=1S/C25H35N5O2/c1-19-15-23(28-25(27-19)29-12-3-4-13-29)30-14-6-8-20(18-30)10-11-24(31)26-17-21-7-5-9-22(16-21)32-2/h5,7,9,15-16,20H,3-4,6,8,10-14,17-18H2,1-2H3,(H,26,31)/t20-/m1/s1. The Balaban J connectivity index is 1.28. The number of rotatable bonds is 8. The quantitative estimate of drug-likeness (QED) is 0.679. The van der Waals surface area contributed by atoms with Gasteiger partial charge in [-0.05, 0) is 62.6 Å². The molecular weight excluding hydrogens is 402 g/mol. The van der Waals surface area contributed by atoms with Gasteiger partial charge in [-0.25, -0.2) is 4.98 Å². The van der Waals surface area contributed by atoms with Gasteiger partial charge in [0.25, 0.3) is 0 Å². The summed E-state index contributed by atoms with van der Waals surface area (Å²) in [6, 6.07) is 9.92. The molecule has 2 saturated heterocycles. The number of anilines is 2. The maximum absolute atomic E-state index is 12.4. The molecule has 7 heteroatoms. The normalized spacial score (nSPS) is 18.6. The number of nitrogens with one attached hydrogen (secondary N) is 1. The van der Waals surface area contributed by atoms with Gasteiger partial charge in [0.15, 0.2) is 0 Å². The molecule has 1 atom stereocenters. The Morgan fingerprint density at radius 2 is 1.94 bits per heavy atom. The zero-order chi connectivity index (χ0) is 22.3. The van der Waals surface area contributed by atoms with Gasteiger partial charge in [0.05, 0.1) is 7.11 Å². The van der Waals surface area contributed by atoms with Crippen LogP contribution in [0.5, 0.6) is 5.75 Å². The molecule has 32 heavy (non-hydrogen) atoms. The summed E-state index contributed by atoms with van der Waals surface area (Å²) in [6.07, 6.45) is 6.21. The largest absolute Gasteiger partial charge is 0.497 e. The second-order valence-electron chi connectivity index (χ2n) is 8.98. The van der Waals surface area contributed by atoms with Crippen LogP contribution in [0.4, 0.5) is 11.8 Å². The molecule has 7 nitrogen and oxygen atoms in total. The Hall–Kier alpha value is -2.83. The number of benzene rings is 1. The van der Waals surface area contributed by atoms with Gasteiger partial charge in [-0.1, -0.05) is 12.1 Å². The van der Waals surface area contributed by atoms with Gasteiger partial charge in [0, 0.05) is 50.9 Å². The molecule has 0 bridgehead atoms. The topological polar surface area (TPSA) is 70.6 Å². The number of aromatic nitrogens is 2. The van der Waals surface area contributed by atoms with Crippen molar-refractivity contribution in [2.45, 2.75) is 52.0 Å². The molecule has 2 fully saturated rings. The van der Waals surface area contributed by atoms with E-state index in [1.807, 2.05) is 24.3 Å². The lowest BCUT2D eigenvalue weighted by Crippen LogP contribution is -2.37. The number of piperidine rings is 1. The average Bonchev–Trinajstić information content (AvgIpc) is 3.36. The van der Waals surface area contributed by atoms with Crippen molar-refractivity contribution in [1.29, 1.82) is 0 Å². The van der Waals surface area contributed by atoms with Crippen molar-refractivity contribution in [3.05, 3.63) is 41.6 Å². The van der Waals surface area contributed by atoms with Crippen LogP contribution in [0.15, 0.2) is 30.3 Å². The monoisotopic (exact) mass is 437 g/mol. The highest BCUT2D eigenvalue weighted by molar-refractivity contribution is 5.75. The number of hydrogen-bond donors (Lipinski definition) is 1. The Kier molecular flexibility index (Phi) is 7.45. The van der Waals surface area contributed by atoms with E-state index >= 15 is 0 Å². The number of amides is 1. The van der Waals surface area contributed by atoms with Gasteiger partial charge in [0.1, 0.15) is 11.6 Å². The smallest absolute Gasteiger partial charge is 0.227 e. The molecule has 1 N–H and O–H groups in total. The fraction of sp³-hybridized carbons (Fsp3) is 0.560. The zero-order valence-corrected chi connectivity index (χ0v) is 19.3. The number of methoxy groups -OCH3 is 1. The molecule has 172 valence electrons. The van der Waals surface area contributed by atoms with Crippen molar-refractivity contribution in [2.24, 2.45) is 5.92 Å². The third-order valence-corrected chi connectivity index (χ3v) is 6.46. The summed E-state index contributed by atoms with van der Waals surface area (Å²) in [5.41, 5.74) is 2.07. The minimum absolute atomic E-state index is 0.110. The third kappa shape index (κ3) is 5.90. The van der Waals surface area contributed by atoms with Crippen molar-refractivity contribution in [3.63, 3.8) is 0 Å². The van der Waals surface area contributed by atoms with Crippen LogP contribution in [0, 0.1) is 12.8 Å². The molecule has 2 aliphatic rings. The number of nitrogens with zero attached hydrogens (tertiary/aromatic N) is 4. The second-order valence-corrected chi connectivity index (χ2v) is 8.98. The lowest BCUT2D eigenvalue weighted by Gasteiger charge is -2.34. The van der Waals surface area contributed by atoms with Crippen molar-refractivity contribution in [2.75, 3.05) is 43.1 Å². The van der Waals surface area contributed by atoms with Crippen LogP contribution in [-0.2, 0) is 11.3 Å². The van der Waals surface area contributed by atoms with Gasteiger partial charge >= 0.3 is 0 Å². The Morgan fingerprint density at radius 1 is 1.12 bits per heavy atom. The molecular formula is C25H35N5O2. The molecule has 2 aliphatic heterocycles. The Labute approximate surface area is 191 Å². The minimum atomic E-state index is 0.110. The van der Waals surface area contributed by atoms with E-state index < -0.39 is 0 Å². The Morgan fingerprint density at radius 3 is 2.75 bits per heavy atom. The fourth-order valence-corrected chi connectivity index (χ4v) is 4.67. The van der Waals surface area contributed by atoms with Crippen LogP contribution < -0.4 is 19.9 Å². The van der Waals surface area contributed by atoms with Gasteiger partial charge < -0.3 is 19.9 Å². The lowest BCUT2D eigenvalue weighted by molar-refractivity contribution is -0.121. The van der Waals surface area contributed by atoms with Crippen LogP contribution in [0.3, 0.4) is 0 Å². The molecule has 0 unspecified atom stereocenters. The zero-order valence-electron chi connectivity index (χ0n) is 19.3. The predicted octanol–water partition coefficient (Wildman–Crippen LogP) is 3.71. The van der Waals surface area contributed by atoms with Crippen molar-refractivity contribution in [1.82, 2.24) is 15.3 Å². The van der Waals surface area contributed by atoms with Crippen molar-refractivity contribution in [3.8, 4) is 5.75 Å². The summed E-state index contributed by atoms with van der Waals surface area (Å²) in [5.74, 6) is 3.34. The Bertz CT molecular complexity index is 913. The van der Waals surface area contributed by atoms with E-state index in [2.05, 4.69) is 33.1 Å². The molecule has 3 heterocycles. The molecule has 1 aromatic heterocycles. The third-order valence-electron chi connectivity index (χ3n) is 6.46. The van der Waals surface area contributed by atoms with Gasteiger partial charge in [-0.2, -0.15) is 4.98 Å². The van der Waals surface area contributed by atoms with E-state index in [1.165, 1.54) is 19.3 Å². The fourth-order valence-electron chi connectivity index (χ4n) is 4.67. The minimum Gasteiger partial charge on any atom is -0.497 e. The number of ether oxygens (including phenoxy) is 1. The van der Waals surface area contributed by atoms with Crippen LogP contribution in [-0.4, -0.2) is 49.2 Å². The highest BCUT2D eigenvalue weighted by atomic mass is 16.5. The first-order chi connectivity index (χ1) is 15.6. The SMILES string of the molecule is COc1cccc(CNC(=O)CC[C@H]2CCCN(c3cc(C)nc(N4CCCC4)n3)C2)c1. The van der Waals surface area contributed by atoms with E-state index in [0.717, 1.165) is 67.8 Å². The number of carbonyl (C=O) groups is 1. The number of hydrogen-bond acceptors (Lipinski definition) is 6. The first kappa shape index (κ1) is 22.4. The highest BCUT2D eigenvalue weighted by Gasteiger charge is 2.23. The highest BCUT2D eigenvalue weighted by Crippen LogP contribution is 2.27. The predicted molar refractivity (Wildman–Crippen MR) is 127 cm³/mol. The van der Waals surface area contributed by atoms with E-state index in [0.29, 0.717) is 18.9 Å². The molecule has 0 aliphatic carbocycles. The summed E-state index contributed by atoms with van der Waals surface area (Å²) in [7, 11) is 1.65. The summed E-state index contributed by atoms with van der Waals surface area (Å²) in [5, 5.41) is 3.04. The maximum Gasteiger partial charge on any atom is 0.227 e. The molecule has 0 spiro atoms. The number of aryl methyl sites for hydroxylation is 1. The van der Waals surface area contributed by atoms with E-state index in [1.54, 1.807) is 7.11 Å². The first-order valence-electron chi connectivity index (χ1n) is 11.9. The molecule has 0 radical (unpaired) electrons. The number of carbonyl (C=O) groups excluding carboxylic acids is 1. The first-order valence-corrected chi connectivity index (χ1v) is 11.9. The van der Waals surface area contributed by atoms with E-state index in [-0.39, 0.29) is 5.91 Å². The van der Waals surface area contributed by atoms with Gasteiger partial charge in [-0.3, -0.25) is 4.79 Å². The lowest BCUT2D eigenvalue weighted by atomic mass is 9.93. The van der Waals surface area contributed by atoms with Crippen LogP contribution in [0.2, 0.25) is 0 Å². The van der Waals surface area contributed by atoms with Gasteiger partial charge in [-0.15, -0.1) is 0 Å². The van der Waals surface area contributed by atoms with Crippen LogP contribution >= 0.6 is 0 Å². The van der Waals surface area contributed by atoms with Crippen molar-refractivity contribution >= 4 is 17.7 Å². The second kappa shape index (κ2) is 10.7. The van der Waals surface area contributed by atoms with Crippen molar-refractivity contribution < 1.29 is 9.53 Å². The van der Waals surface area contributed by atoms with E-state index in [4.69, 9.17) is 9.72 Å². The molecule has 1 amide bonds. The summed E-state index contributed by atoms with van der Waals surface area (Å²) < 4.78 is 5.25. The summed E-state index contributed by atoms with van der Waals surface area (Å²) in [6.45, 7) is 6.67. The average molecular weight is 438 g/mol. The van der Waals surface area contributed by atoms with Crippen LogP contribution in [0.1, 0.15) is 49.8 Å². The molecule has 0 saturated carbocycles. The molecule has 4 rings (SSSR count). The summed E-state index contributed by atoms with van der Waals surface area (Å²) in [4.78, 5) is 26.7.